The van der Waals surface area contributed by atoms with Crippen LogP contribution in [0.3, 0.4) is 0 Å². The van der Waals surface area contributed by atoms with Crippen LogP contribution in [0, 0.1) is 12.7 Å². The predicted octanol–water partition coefficient (Wildman–Crippen LogP) is 4.51. The van der Waals surface area contributed by atoms with Gasteiger partial charge in [-0.25, -0.2) is 4.39 Å². The van der Waals surface area contributed by atoms with Crippen molar-refractivity contribution in [3.8, 4) is 0 Å². The van der Waals surface area contributed by atoms with Crippen molar-refractivity contribution < 1.29 is 4.39 Å². The van der Waals surface area contributed by atoms with Crippen molar-refractivity contribution in [1.82, 2.24) is 0 Å². The second kappa shape index (κ2) is 6.12. The molecule has 20 heavy (non-hydrogen) atoms. The highest BCUT2D eigenvalue weighted by atomic mass is 35.5. The molecule has 0 fully saturated rings. The van der Waals surface area contributed by atoms with Gasteiger partial charge in [0.1, 0.15) is 5.82 Å². The number of rotatable bonds is 4. The normalized spacial score (nSPS) is 12.5. The number of halogens is 2. The molecule has 0 aliphatic carbocycles. The molecule has 0 bridgehead atoms. The van der Waals surface area contributed by atoms with Gasteiger partial charge in [0.25, 0.3) is 0 Å². The minimum Gasteiger partial charge on any atom is -0.369 e. The molecule has 1 aromatic heterocycles. The summed E-state index contributed by atoms with van der Waals surface area (Å²) in [5.74, 6) is -0.214. The van der Waals surface area contributed by atoms with Crippen molar-refractivity contribution in [2.75, 3.05) is 11.9 Å². The highest BCUT2D eigenvalue weighted by Crippen LogP contribution is 2.30. The Bertz CT molecular complexity index is 610. The fourth-order valence-electron chi connectivity index (χ4n) is 2.13. The molecule has 1 atom stereocenters. The molecular weight excluding hydrogens is 295 g/mol. The van der Waals surface area contributed by atoms with Gasteiger partial charge in [-0.15, -0.1) is 11.3 Å². The molecule has 0 aliphatic heterocycles. The van der Waals surface area contributed by atoms with Gasteiger partial charge in [-0.3, -0.25) is 0 Å². The Balaban J connectivity index is 2.33. The zero-order chi connectivity index (χ0) is 14.9. The summed E-state index contributed by atoms with van der Waals surface area (Å²) in [4.78, 5) is 3.24. The van der Waals surface area contributed by atoms with Gasteiger partial charge in [0.15, 0.2) is 0 Å². The summed E-state index contributed by atoms with van der Waals surface area (Å²) >= 11 is 7.50. The Labute approximate surface area is 128 Å². The molecular formula is C15H18ClFN2S. The molecule has 0 unspecified atom stereocenters. The quantitative estimate of drug-likeness (QED) is 0.900. The molecule has 0 spiro atoms. The zero-order valence-corrected chi connectivity index (χ0v) is 13.4. The number of anilines is 1. The van der Waals surface area contributed by atoms with Crippen molar-refractivity contribution in [2.24, 2.45) is 5.73 Å². The van der Waals surface area contributed by atoms with E-state index in [-0.39, 0.29) is 11.9 Å². The standard InChI is InChI=1S/C15H18ClFN2S/c1-9-6-14(12(10(2)18)7-13(9)17)19(3)8-11-4-5-15(16)20-11/h4-7,10H,8,18H2,1-3H3/t10-/m0/s1. The lowest BCUT2D eigenvalue weighted by atomic mass is 10.0. The van der Waals surface area contributed by atoms with Crippen molar-refractivity contribution in [3.05, 3.63) is 50.4 Å². The molecule has 0 amide bonds. The van der Waals surface area contributed by atoms with E-state index in [4.69, 9.17) is 17.3 Å². The van der Waals surface area contributed by atoms with E-state index in [0.29, 0.717) is 5.56 Å². The third-order valence-corrected chi connectivity index (χ3v) is 4.45. The van der Waals surface area contributed by atoms with Crippen LogP contribution in [0.4, 0.5) is 10.1 Å². The first-order valence-electron chi connectivity index (χ1n) is 6.39. The van der Waals surface area contributed by atoms with Gasteiger partial charge in [0.05, 0.1) is 10.9 Å². The van der Waals surface area contributed by atoms with Gasteiger partial charge in [0, 0.05) is 23.7 Å². The largest absolute Gasteiger partial charge is 0.369 e. The van der Waals surface area contributed by atoms with Crippen molar-refractivity contribution >= 4 is 28.6 Å². The van der Waals surface area contributed by atoms with Crippen molar-refractivity contribution in [3.63, 3.8) is 0 Å². The number of hydrogen-bond acceptors (Lipinski definition) is 3. The van der Waals surface area contributed by atoms with E-state index in [9.17, 15) is 4.39 Å². The fourth-order valence-corrected chi connectivity index (χ4v) is 3.27. The van der Waals surface area contributed by atoms with Gasteiger partial charge in [-0.1, -0.05) is 11.6 Å². The zero-order valence-electron chi connectivity index (χ0n) is 11.8. The summed E-state index contributed by atoms with van der Waals surface area (Å²) in [6.07, 6.45) is 0. The summed E-state index contributed by atoms with van der Waals surface area (Å²) in [5, 5.41) is 0. The van der Waals surface area contributed by atoms with Crippen LogP contribution < -0.4 is 10.6 Å². The first kappa shape index (κ1) is 15.3. The first-order valence-corrected chi connectivity index (χ1v) is 7.59. The predicted molar refractivity (Wildman–Crippen MR) is 85.2 cm³/mol. The van der Waals surface area contributed by atoms with Crippen molar-refractivity contribution in [1.29, 1.82) is 0 Å². The molecule has 2 aromatic rings. The molecule has 5 heteroatoms. The summed E-state index contributed by atoms with van der Waals surface area (Å²) in [5.41, 5.74) is 8.36. The monoisotopic (exact) mass is 312 g/mol. The van der Waals surface area contributed by atoms with E-state index in [1.54, 1.807) is 18.3 Å². The van der Waals surface area contributed by atoms with Gasteiger partial charge in [0.2, 0.25) is 0 Å². The number of aryl methyl sites for hydroxylation is 1. The molecule has 0 radical (unpaired) electrons. The van der Waals surface area contributed by atoms with E-state index < -0.39 is 0 Å². The minimum absolute atomic E-state index is 0.213. The van der Waals surface area contributed by atoms with E-state index in [1.807, 2.05) is 32.2 Å². The third kappa shape index (κ3) is 3.32. The van der Waals surface area contributed by atoms with Crippen LogP contribution in [0.2, 0.25) is 4.34 Å². The van der Waals surface area contributed by atoms with Crippen LogP contribution in [0.15, 0.2) is 24.3 Å². The van der Waals surface area contributed by atoms with E-state index in [2.05, 4.69) is 4.90 Å². The van der Waals surface area contributed by atoms with Gasteiger partial charge >= 0.3 is 0 Å². The number of benzene rings is 1. The maximum Gasteiger partial charge on any atom is 0.126 e. The number of nitrogens with two attached hydrogens (primary N) is 1. The summed E-state index contributed by atoms with van der Waals surface area (Å²) in [6, 6.07) is 7.06. The molecule has 108 valence electrons. The first-order chi connectivity index (χ1) is 9.38. The lowest BCUT2D eigenvalue weighted by Gasteiger charge is -2.24. The van der Waals surface area contributed by atoms with Crippen LogP contribution in [-0.4, -0.2) is 7.05 Å². The minimum atomic E-state index is -0.214. The molecule has 1 heterocycles. The lowest BCUT2D eigenvalue weighted by molar-refractivity contribution is 0.612. The molecule has 0 saturated heterocycles. The van der Waals surface area contributed by atoms with Gasteiger partial charge in [-0.05, 0) is 49.2 Å². The Morgan fingerprint density at radius 3 is 2.65 bits per heavy atom. The molecule has 0 saturated carbocycles. The molecule has 0 aliphatic rings. The molecule has 2 rings (SSSR count). The smallest absolute Gasteiger partial charge is 0.126 e. The third-order valence-electron chi connectivity index (χ3n) is 3.23. The fraction of sp³-hybridized carbons (Fsp3) is 0.333. The van der Waals surface area contributed by atoms with Crippen LogP contribution in [0.25, 0.3) is 0 Å². The SMILES string of the molecule is Cc1cc(N(C)Cc2ccc(Cl)s2)c([C@H](C)N)cc1F. The van der Waals surface area contributed by atoms with Crippen LogP contribution in [0.5, 0.6) is 0 Å². The van der Waals surface area contributed by atoms with E-state index in [0.717, 1.165) is 27.0 Å². The highest BCUT2D eigenvalue weighted by Gasteiger charge is 2.15. The molecule has 2 nitrogen and oxygen atoms in total. The van der Waals surface area contributed by atoms with Gasteiger partial charge < -0.3 is 10.6 Å². The van der Waals surface area contributed by atoms with Crippen LogP contribution in [-0.2, 0) is 6.54 Å². The highest BCUT2D eigenvalue weighted by molar-refractivity contribution is 7.16. The second-order valence-electron chi connectivity index (χ2n) is 5.01. The van der Waals surface area contributed by atoms with E-state index in [1.165, 1.54) is 6.07 Å². The number of thiophene rings is 1. The van der Waals surface area contributed by atoms with Crippen molar-refractivity contribution in [2.45, 2.75) is 26.4 Å². The van der Waals surface area contributed by atoms with E-state index >= 15 is 0 Å². The summed E-state index contributed by atoms with van der Waals surface area (Å²) in [7, 11) is 1.98. The van der Waals surface area contributed by atoms with Gasteiger partial charge in [-0.2, -0.15) is 0 Å². The average molecular weight is 313 g/mol. The summed E-state index contributed by atoms with van der Waals surface area (Å²) in [6.45, 7) is 4.35. The van der Waals surface area contributed by atoms with Crippen LogP contribution in [0.1, 0.15) is 29.0 Å². The maximum absolute atomic E-state index is 13.7. The molecule has 1 aromatic carbocycles. The lowest BCUT2D eigenvalue weighted by Crippen LogP contribution is -2.20. The Morgan fingerprint density at radius 1 is 1.40 bits per heavy atom. The summed E-state index contributed by atoms with van der Waals surface area (Å²) < 4.78 is 14.5. The second-order valence-corrected chi connectivity index (χ2v) is 6.81. The number of hydrogen-bond donors (Lipinski definition) is 1. The Morgan fingerprint density at radius 2 is 2.10 bits per heavy atom. The topological polar surface area (TPSA) is 29.3 Å². The van der Waals surface area contributed by atoms with Crippen LogP contribution >= 0.6 is 22.9 Å². The Hall–Kier alpha value is -1.10. The maximum atomic E-state index is 13.7. The Kier molecular flexibility index (Phi) is 4.68. The molecule has 2 N–H and O–H groups in total. The average Bonchev–Trinajstić information content (AvgIpc) is 2.77. The number of nitrogens with zero attached hydrogens (tertiary/aromatic N) is 1.